The van der Waals surface area contributed by atoms with Crippen LogP contribution >= 0.6 is 0 Å². The molecule has 0 aliphatic carbocycles. The van der Waals surface area contributed by atoms with Crippen molar-refractivity contribution >= 4 is 11.6 Å². The van der Waals surface area contributed by atoms with Gasteiger partial charge in [-0.05, 0) is 37.3 Å². The number of rotatable bonds is 4. The molecule has 0 saturated heterocycles. The predicted molar refractivity (Wildman–Crippen MR) is 75.4 cm³/mol. The molecule has 2 rings (SSSR count). The van der Waals surface area contributed by atoms with Gasteiger partial charge in [0.05, 0.1) is 12.3 Å². The Bertz CT molecular complexity index is 547. The maximum Gasteiger partial charge on any atom is 0.251 e. The van der Waals surface area contributed by atoms with E-state index in [1.165, 1.54) is 0 Å². The van der Waals surface area contributed by atoms with Gasteiger partial charge in [-0.2, -0.15) is 0 Å². The van der Waals surface area contributed by atoms with E-state index in [-0.39, 0.29) is 11.9 Å². The predicted octanol–water partition coefficient (Wildman–Crippen LogP) is 2.84. The molecule has 0 fully saturated rings. The average Bonchev–Trinajstić information content (AvgIpc) is 2.92. The molecule has 1 heterocycles. The lowest BCUT2D eigenvalue weighted by atomic mass is 10.1. The zero-order chi connectivity index (χ0) is 13.8. The molecule has 0 spiro atoms. The minimum absolute atomic E-state index is 0.104. The van der Waals surface area contributed by atoms with Crippen molar-refractivity contribution in [2.45, 2.75) is 13.0 Å². The Morgan fingerprint density at radius 3 is 2.68 bits per heavy atom. The lowest BCUT2D eigenvalue weighted by molar-refractivity contribution is 0.0935. The lowest BCUT2D eigenvalue weighted by Crippen LogP contribution is -2.26. The van der Waals surface area contributed by atoms with E-state index in [1.807, 2.05) is 56.3 Å². The average molecular weight is 258 g/mol. The summed E-state index contributed by atoms with van der Waals surface area (Å²) in [6.45, 7) is 1.90. The van der Waals surface area contributed by atoms with Gasteiger partial charge in [-0.3, -0.25) is 4.79 Å². The second-order valence-electron chi connectivity index (χ2n) is 4.66. The molecule has 0 radical (unpaired) electrons. The molecule has 0 aliphatic rings. The molecule has 0 saturated carbocycles. The molecule has 100 valence electrons. The number of amides is 1. The van der Waals surface area contributed by atoms with E-state index >= 15 is 0 Å². The van der Waals surface area contributed by atoms with Crippen molar-refractivity contribution in [2.75, 3.05) is 19.0 Å². The standard InChI is InChI=1S/C15H18N2O2/c1-11(14-8-5-9-19-14)16-15(18)12-6-4-7-13(10-12)17(2)3/h4-11H,1-3H3,(H,16,18)/t11-/m0/s1. The minimum Gasteiger partial charge on any atom is -0.467 e. The summed E-state index contributed by atoms with van der Waals surface area (Å²) in [7, 11) is 3.89. The van der Waals surface area contributed by atoms with Gasteiger partial charge in [-0.15, -0.1) is 0 Å². The number of furan rings is 1. The fourth-order valence-corrected chi connectivity index (χ4v) is 1.81. The number of benzene rings is 1. The van der Waals surface area contributed by atoms with Crippen LogP contribution in [-0.2, 0) is 0 Å². The molecule has 0 aliphatic heterocycles. The maximum absolute atomic E-state index is 12.2. The van der Waals surface area contributed by atoms with Gasteiger partial charge >= 0.3 is 0 Å². The van der Waals surface area contributed by atoms with Gasteiger partial charge in [-0.25, -0.2) is 0 Å². The highest BCUT2D eigenvalue weighted by Crippen LogP contribution is 2.16. The van der Waals surface area contributed by atoms with Crippen LogP contribution in [0.2, 0.25) is 0 Å². The van der Waals surface area contributed by atoms with Gasteiger partial charge in [0, 0.05) is 25.3 Å². The van der Waals surface area contributed by atoms with Gasteiger partial charge in [0.1, 0.15) is 5.76 Å². The zero-order valence-corrected chi connectivity index (χ0v) is 11.4. The summed E-state index contributed by atoms with van der Waals surface area (Å²) in [6, 6.07) is 11.0. The quantitative estimate of drug-likeness (QED) is 0.917. The summed E-state index contributed by atoms with van der Waals surface area (Å²) >= 11 is 0. The molecule has 0 bridgehead atoms. The van der Waals surface area contributed by atoms with Crippen LogP contribution in [0.4, 0.5) is 5.69 Å². The Kier molecular flexibility index (Phi) is 3.90. The molecule has 0 unspecified atom stereocenters. The Morgan fingerprint density at radius 1 is 1.26 bits per heavy atom. The molecule has 4 heteroatoms. The van der Waals surface area contributed by atoms with Gasteiger partial charge in [-0.1, -0.05) is 6.07 Å². The number of hydrogen-bond acceptors (Lipinski definition) is 3. The summed E-state index contributed by atoms with van der Waals surface area (Å²) < 4.78 is 5.27. The summed E-state index contributed by atoms with van der Waals surface area (Å²) in [5, 5.41) is 2.91. The number of nitrogens with one attached hydrogen (secondary N) is 1. The van der Waals surface area contributed by atoms with Crippen LogP contribution in [-0.4, -0.2) is 20.0 Å². The Hall–Kier alpha value is -2.23. The number of anilines is 1. The first-order chi connectivity index (χ1) is 9.08. The van der Waals surface area contributed by atoms with Crippen molar-refractivity contribution in [3.8, 4) is 0 Å². The van der Waals surface area contributed by atoms with Crippen LogP contribution < -0.4 is 10.2 Å². The zero-order valence-electron chi connectivity index (χ0n) is 11.4. The topological polar surface area (TPSA) is 45.5 Å². The third-order valence-electron chi connectivity index (χ3n) is 2.94. The first-order valence-corrected chi connectivity index (χ1v) is 6.19. The first-order valence-electron chi connectivity index (χ1n) is 6.19. The smallest absolute Gasteiger partial charge is 0.251 e. The summed E-state index contributed by atoms with van der Waals surface area (Å²) in [4.78, 5) is 14.1. The Balaban J connectivity index is 2.10. The van der Waals surface area contributed by atoms with E-state index in [1.54, 1.807) is 12.3 Å². The summed E-state index contributed by atoms with van der Waals surface area (Å²) in [6.07, 6.45) is 1.60. The van der Waals surface area contributed by atoms with Gasteiger partial charge in [0.15, 0.2) is 0 Å². The molecule has 1 atom stereocenters. The highest BCUT2D eigenvalue weighted by molar-refractivity contribution is 5.95. The van der Waals surface area contributed by atoms with E-state index in [2.05, 4.69) is 5.32 Å². The number of carbonyl (C=O) groups is 1. The number of nitrogens with zero attached hydrogens (tertiary/aromatic N) is 1. The summed E-state index contributed by atoms with van der Waals surface area (Å²) in [5.41, 5.74) is 1.64. The van der Waals surface area contributed by atoms with E-state index in [9.17, 15) is 4.79 Å². The second kappa shape index (κ2) is 5.61. The van der Waals surface area contributed by atoms with Crippen molar-refractivity contribution in [2.24, 2.45) is 0 Å². The molecular formula is C15H18N2O2. The van der Waals surface area contributed by atoms with Crippen molar-refractivity contribution in [3.05, 3.63) is 54.0 Å². The van der Waals surface area contributed by atoms with Gasteiger partial charge in [0.25, 0.3) is 5.91 Å². The Labute approximate surface area is 113 Å². The third kappa shape index (κ3) is 3.16. The molecular weight excluding hydrogens is 240 g/mol. The normalized spacial score (nSPS) is 11.9. The molecule has 4 nitrogen and oxygen atoms in total. The van der Waals surface area contributed by atoms with Crippen LogP contribution in [0.3, 0.4) is 0 Å². The maximum atomic E-state index is 12.2. The van der Waals surface area contributed by atoms with Crippen molar-refractivity contribution < 1.29 is 9.21 Å². The fourth-order valence-electron chi connectivity index (χ4n) is 1.81. The molecule has 1 aromatic heterocycles. The molecule has 1 aromatic carbocycles. The van der Waals surface area contributed by atoms with Crippen LogP contribution in [0.25, 0.3) is 0 Å². The molecule has 1 N–H and O–H groups in total. The number of hydrogen-bond donors (Lipinski definition) is 1. The first kappa shape index (κ1) is 13.2. The van der Waals surface area contributed by atoms with E-state index < -0.39 is 0 Å². The van der Waals surface area contributed by atoms with Crippen molar-refractivity contribution in [1.29, 1.82) is 0 Å². The van der Waals surface area contributed by atoms with Crippen LogP contribution in [0.15, 0.2) is 47.1 Å². The van der Waals surface area contributed by atoms with E-state index in [0.29, 0.717) is 5.56 Å². The van der Waals surface area contributed by atoms with E-state index in [4.69, 9.17) is 4.42 Å². The lowest BCUT2D eigenvalue weighted by Gasteiger charge is -2.15. The molecule has 1 amide bonds. The highest BCUT2D eigenvalue weighted by atomic mass is 16.3. The summed E-state index contributed by atoms with van der Waals surface area (Å²) in [5.74, 6) is 0.643. The van der Waals surface area contributed by atoms with Crippen molar-refractivity contribution in [3.63, 3.8) is 0 Å². The Morgan fingerprint density at radius 2 is 2.05 bits per heavy atom. The van der Waals surface area contributed by atoms with Crippen LogP contribution in [0, 0.1) is 0 Å². The fraction of sp³-hybridized carbons (Fsp3) is 0.267. The highest BCUT2D eigenvalue weighted by Gasteiger charge is 2.13. The SMILES string of the molecule is C[C@H](NC(=O)c1cccc(N(C)C)c1)c1ccco1. The largest absolute Gasteiger partial charge is 0.467 e. The minimum atomic E-state index is -0.148. The van der Waals surface area contributed by atoms with E-state index in [0.717, 1.165) is 11.4 Å². The molecule has 19 heavy (non-hydrogen) atoms. The second-order valence-corrected chi connectivity index (χ2v) is 4.66. The monoisotopic (exact) mass is 258 g/mol. The third-order valence-corrected chi connectivity index (χ3v) is 2.94. The van der Waals surface area contributed by atoms with Gasteiger partial charge < -0.3 is 14.6 Å². The van der Waals surface area contributed by atoms with Crippen LogP contribution in [0.1, 0.15) is 29.1 Å². The van der Waals surface area contributed by atoms with Gasteiger partial charge in [0.2, 0.25) is 0 Å². The van der Waals surface area contributed by atoms with Crippen LogP contribution in [0.5, 0.6) is 0 Å². The molecule has 2 aromatic rings. The van der Waals surface area contributed by atoms with Crippen molar-refractivity contribution in [1.82, 2.24) is 5.32 Å². The number of carbonyl (C=O) groups excluding carboxylic acids is 1.